The highest BCUT2D eigenvalue weighted by molar-refractivity contribution is 9.10. The standard InChI is InChI=1S/C9H6BBrN2/c10-9-7-2-1-6(11)3-5(7)4-8(12)13-9/h1-4H,(H2,12,13). The highest BCUT2D eigenvalue weighted by Crippen LogP contribution is 2.18. The molecule has 2 aromatic rings. The Labute approximate surface area is 85.7 Å². The van der Waals surface area contributed by atoms with Crippen LogP contribution < -0.4 is 11.3 Å². The van der Waals surface area contributed by atoms with Gasteiger partial charge in [-0.1, -0.05) is 22.0 Å². The average molecular weight is 233 g/mol. The van der Waals surface area contributed by atoms with Crippen molar-refractivity contribution in [2.45, 2.75) is 0 Å². The molecule has 1 aromatic heterocycles. The van der Waals surface area contributed by atoms with Gasteiger partial charge < -0.3 is 5.73 Å². The van der Waals surface area contributed by atoms with Crippen molar-refractivity contribution in [3.05, 3.63) is 28.7 Å². The molecule has 0 spiro atoms. The van der Waals surface area contributed by atoms with E-state index >= 15 is 0 Å². The molecule has 0 saturated carbocycles. The van der Waals surface area contributed by atoms with Crippen LogP contribution in [0.4, 0.5) is 5.82 Å². The fourth-order valence-electron chi connectivity index (χ4n) is 1.28. The molecule has 0 aliphatic carbocycles. The first-order valence-corrected chi connectivity index (χ1v) is 4.57. The van der Waals surface area contributed by atoms with E-state index in [0.29, 0.717) is 11.4 Å². The SMILES string of the molecule is [B]c1nc(N)cc2cc(Br)ccc12. The van der Waals surface area contributed by atoms with Crippen LogP contribution in [0.15, 0.2) is 28.7 Å². The summed E-state index contributed by atoms with van der Waals surface area (Å²) in [6.07, 6.45) is 0. The Morgan fingerprint density at radius 1 is 1.31 bits per heavy atom. The largest absolute Gasteiger partial charge is 0.384 e. The highest BCUT2D eigenvalue weighted by atomic mass is 79.9. The van der Waals surface area contributed by atoms with Crippen LogP contribution in [-0.2, 0) is 0 Å². The van der Waals surface area contributed by atoms with E-state index in [-0.39, 0.29) is 0 Å². The lowest BCUT2D eigenvalue weighted by Gasteiger charge is -2.03. The number of anilines is 1. The van der Waals surface area contributed by atoms with Crippen molar-refractivity contribution in [3.8, 4) is 0 Å². The van der Waals surface area contributed by atoms with Gasteiger partial charge in [0.15, 0.2) is 0 Å². The lowest BCUT2D eigenvalue weighted by atomic mass is 9.97. The van der Waals surface area contributed by atoms with Crippen LogP contribution >= 0.6 is 15.9 Å². The Bertz CT molecular complexity index is 465. The highest BCUT2D eigenvalue weighted by Gasteiger charge is 1.99. The van der Waals surface area contributed by atoms with Gasteiger partial charge in [-0.25, -0.2) is 4.98 Å². The molecule has 13 heavy (non-hydrogen) atoms. The zero-order valence-corrected chi connectivity index (χ0v) is 8.38. The lowest BCUT2D eigenvalue weighted by Crippen LogP contribution is -2.11. The Hall–Kier alpha value is -1.03. The molecule has 0 amide bonds. The molecule has 0 bridgehead atoms. The molecular formula is C9H6BBrN2. The summed E-state index contributed by atoms with van der Waals surface area (Å²) in [5.41, 5.74) is 6.04. The maximum atomic E-state index is 5.70. The van der Waals surface area contributed by atoms with E-state index in [1.165, 1.54) is 0 Å². The monoisotopic (exact) mass is 232 g/mol. The Kier molecular flexibility index (Phi) is 2.00. The van der Waals surface area contributed by atoms with E-state index in [0.717, 1.165) is 15.2 Å². The molecule has 0 fully saturated rings. The summed E-state index contributed by atoms with van der Waals surface area (Å²) >= 11 is 3.38. The summed E-state index contributed by atoms with van der Waals surface area (Å²) in [5.74, 6) is 0.447. The molecule has 2 radical (unpaired) electrons. The molecule has 2 nitrogen and oxygen atoms in total. The molecule has 0 atom stereocenters. The van der Waals surface area contributed by atoms with Crippen molar-refractivity contribution in [1.82, 2.24) is 4.98 Å². The van der Waals surface area contributed by atoms with Crippen LogP contribution in [0.5, 0.6) is 0 Å². The maximum absolute atomic E-state index is 5.70. The molecule has 1 heterocycles. The predicted octanol–water partition coefficient (Wildman–Crippen LogP) is 1.37. The van der Waals surface area contributed by atoms with Crippen molar-refractivity contribution in [2.24, 2.45) is 0 Å². The molecule has 0 aliphatic rings. The van der Waals surface area contributed by atoms with Gasteiger partial charge in [-0.3, -0.25) is 0 Å². The third-order valence-electron chi connectivity index (χ3n) is 1.84. The van der Waals surface area contributed by atoms with E-state index in [1.807, 2.05) is 18.2 Å². The molecule has 4 heteroatoms. The van der Waals surface area contributed by atoms with Gasteiger partial charge in [0.2, 0.25) is 0 Å². The Morgan fingerprint density at radius 2 is 2.08 bits per heavy atom. The number of hydrogen-bond acceptors (Lipinski definition) is 2. The number of nitrogen functional groups attached to an aromatic ring is 1. The van der Waals surface area contributed by atoms with E-state index in [4.69, 9.17) is 13.6 Å². The second-order valence-electron chi connectivity index (χ2n) is 2.80. The van der Waals surface area contributed by atoms with Crippen LogP contribution in [0.2, 0.25) is 0 Å². The van der Waals surface area contributed by atoms with Crippen molar-refractivity contribution in [3.63, 3.8) is 0 Å². The van der Waals surface area contributed by atoms with Crippen LogP contribution in [0.1, 0.15) is 0 Å². The molecule has 0 saturated heterocycles. The zero-order chi connectivity index (χ0) is 9.42. The Balaban J connectivity index is 2.86. The smallest absolute Gasteiger partial charge is 0.142 e. The van der Waals surface area contributed by atoms with Crippen LogP contribution in [0.3, 0.4) is 0 Å². The van der Waals surface area contributed by atoms with E-state index in [1.54, 1.807) is 6.07 Å². The van der Waals surface area contributed by atoms with Crippen molar-refractivity contribution in [2.75, 3.05) is 5.73 Å². The number of nitrogens with zero attached hydrogens (tertiary/aromatic N) is 1. The third-order valence-corrected chi connectivity index (χ3v) is 2.34. The summed E-state index contributed by atoms with van der Waals surface area (Å²) in [6, 6.07) is 7.61. The number of aromatic nitrogens is 1. The zero-order valence-electron chi connectivity index (χ0n) is 6.79. The fraction of sp³-hybridized carbons (Fsp3) is 0. The van der Waals surface area contributed by atoms with E-state index in [2.05, 4.69) is 20.9 Å². The summed E-state index contributed by atoms with van der Waals surface area (Å²) in [7, 11) is 5.70. The van der Waals surface area contributed by atoms with Gasteiger partial charge in [0.25, 0.3) is 0 Å². The molecular weight excluding hydrogens is 227 g/mol. The van der Waals surface area contributed by atoms with Gasteiger partial charge in [-0.05, 0) is 34.6 Å². The van der Waals surface area contributed by atoms with Crippen LogP contribution in [0.25, 0.3) is 10.8 Å². The number of halogens is 1. The molecule has 62 valence electrons. The van der Waals surface area contributed by atoms with Crippen molar-refractivity contribution >= 4 is 46.0 Å². The van der Waals surface area contributed by atoms with Gasteiger partial charge in [-0.2, -0.15) is 0 Å². The van der Waals surface area contributed by atoms with Crippen LogP contribution in [0, 0.1) is 0 Å². The second kappa shape index (κ2) is 3.03. The van der Waals surface area contributed by atoms with E-state index < -0.39 is 0 Å². The van der Waals surface area contributed by atoms with Gasteiger partial charge in [-0.15, -0.1) is 0 Å². The minimum Gasteiger partial charge on any atom is -0.384 e. The number of fused-ring (bicyclic) bond motifs is 1. The van der Waals surface area contributed by atoms with Gasteiger partial charge >= 0.3 is 0 Å². The number of hydrogen-bond donors (Lipinski definition) is 1. The van der Waals surface area contributed by atoms with Gasteiger partial charge in [0.05, 0.1) is 0 Å². The number of rotatable bonds is 0. The summed E-state index contributed by atoms with van der Waals surface area (Å²) in [5, 5.41) is 1.93. The first-order valence-electron chi connectivity index (χ1n) is 3.78. The number of pyridine rings is 1. The topological polar surface area (TPSA) is 38.9 Å². The molecule has 0 unspecified atom stereocenters. The molecule has 2 rings (SSSR count). The van der Waals surface area contributed by atoms with E-state index in [9.17, 15) is 0 Å². The van der Waals surface area contributed by atoms with Crippen molar-refractivity contribution in [1.29, 1.82) is 0 Å². The molecule has 1 aromatic carbocycles. The first-order chi connectivity index (χ1) is 6.16. The maximum Gasteiger partial charge on any atom is 0.142 e. The first kappa shape index (κ1) is 8.57. The summed E-state index contributed by atoms with van der Waals surface area (Å²) in [4.78, 5) is 3.97. The van der Waals surface area contributed by atoms with Crippen LogP contribution in [-0.4, -0.2) is 12.8 Å². The quantitative estimate of drug-likeness (QED) is 0.698. The summed E-state index contributed by atoms with van der Waals surface area (Å²) < 4.78 is 1.00. The normalized spacial score (nSPS) is 10.5. The average Bonchev–Trinajstić information content (AvgIpc) is 2.02. The lowest BCUT2D eigenvalue weighted by molar-refractivity contribution is 1.42. The minimum absolute atomic E-state index is 0.447. The second-order valence-corrected chi connectivity index (χ2v) is 3.71. The number of nitrogens with two attached hydrogens (primary N) is 1. The molecule has 0 aliphatic heterocycles. The van der Waals surface area contributed by atoms with Gasteiger partial charge in [0, 0.05) is 4.47 Å². The Morgan fingerprint density at radius 3 is 2.85 bits per heavy atom. The third kappa shape index (κ3) is 1.54. The number of benzene rings is 1. The minimum atomic E-state index is 0.447. The molecule has 2 N–H and O–H groups in total. The fourth-order valence-corrected chi connectivity index (χ4v) is 1.66. The van der Waals surface area contributed by atoms with Gasteiger partial charge in [0.1, 0.15) is 13.7 Å². The summed E-state index contributed by atoms with van der Waals surface area (Å²) in [6.45, 7) is 0. The van der Waals surface area contributed by atoms with Crippen molar-refractivity contribution < 1.29 is 0 Å². The predicted molar refractivity (Wildman–Crippen MR) is 59.2 cm³/mol.